The predicted octanol–water partition coefficient (Wildman–Crippen LogP) is 5.56. The van der Waals surface area contributed by atoms with E-state index in [-0.39, 0.29) is 12.5 Å². The van der Waals surface area contributed by atoms with E-state index in [0.717, 1.165) is 26.6 Å². The molecule has 3 rings (SSSR count). The number of methoxy groups -OCH3 is 1. The van der Waals surface area contributed by atoms with Crippen molar-refractivity contribution in [3.63, 3.8) is 0 Å². The molecule has 0 saturated heterocycles. The zero-order valence-electron chi connectivity index (χ0n) is 14.7. The lowest BCUT2D eigenvalue weighted by Gasteiger charge is -2.22. The number of ether oxygens (including phenoxy) is 1. The molecule has 0 radical (unpaired) electrons. The first kappa shape index (κ1) is 18.6. The molecule has 1 amide bonds. The number of halogens is 1. The van der Waals surface area contributed by atoms with Crippen LogP contribution < -0.4 is 4.90 Å². The molecule has 0 bridgehead atoms. The molecule has 5 heteroatoms. The van der Waals surface area contributed by atoms with Crippen molar-refractivity contribution in [1.82, 2.24) is 0 Å². The molecule has 26 heavy (non-hydrogen) atoms. The third kappa shape index (κ3) is 4.33. The number of rotatable bonds is 6. The number of amides is 1. The molecule has 0 aliphatic rings. The Morgan fingerprint density at radius 1 is 1.12 bits per heavy atom. The van der Waals surface area contributed by atoms with Gasteiger partial charge in [0.05, 0.1) is 12.2 Å². The van der Waals surface area contributed by atoms with Crippen LogP contribution in [0.15, 0.2) is 60.7 Å². The average Bonchev–Trinajstić information content (AvgIpc) is 3.02. The summed E-state index contributed by atoms with van der Waals surface area (Å²) in [6.45, 7) is 2.53. The Kier molecular flexibility index (Phi) is 6.09. The van der Waals surface area contributed by atoms with Gasteiger partial charge in [0.25, 0.3) is 5.91 Å². The minimum Gasteiger partial charge on any atom is -0.375 e. The van der Waals surface area contributed by atoms with Gasteiger partial charge in [-0.15, -0.1) is 11.3 Å². The topological polar surface area (TPSA) is 29.5 Å². The van der Waals surface area contributed by atoms with Crippen LogP contribution in [0.4, 0.5) is 5.69 Å². The van der Waals surface area contributed by atoms with Crippen LogP contribution >= 0.6 is 22.9 Å². The zero-order chi connectivity index (χ0) is 18.5. The van der Waals surface area contributed by atoms with Gasteiger partial charge in [0, 0.05) is 21.9 Å². The van der Waals surface area contributed by atoms with Crippen molar-refractivity contribution < 1.29 is 9.53 Å². The van der Waals surface area contributed by atoms with Crippen molar-refractivity contribution in [2.24, 2.45) is 0 Å². The van der Waals surface area contributed by atoms with Crippen LogP contribution in [0.3, 0.4) is 0 Å². The first-order chi connectivity index (χ1) is 12.6. The van der Waals surface area contributed by atoms with E-state index >= 15 is 0 Å². The molecule has 0 aliphatic heterocycles. The SMILES string of the molecule is COCC(=O)N(Cc1cccc(Cl)c1)c1cc(-c2ccccc2)sc1C. The highest BCUT2D eigenvalue weighted by molar-refractivity contribution is 7.16. The first-order valence-corrected chi connectivity index (χ1v) is 9.47. The van der Waals surface area contributed by atoms with Crippen LogP contribution in [0, 0.1) is 6.92 Å². The second-order valence-electron chi connectivity index (χ2n) is 5.96. The standard InChI is InChI=1S/C21H20ClNO2S/c1-15-19(12-20(26-15)17-8-4-3-5-9-17)23(21(24)14-25-2)13-16-7-6-10-18(22)11-16/h3-12H,13-14H2,1-2H3. The minimum absolute atomic E-state index is 0.0382. The summed E-state index contributed by atoms with van der Waals surface area (Å²) in [6.07, 6.45) is 0. The molecular formula is C21H20ClNO2S. The van der Waals surface area contributed by atoms with E-state index in [2.05, 4.69) is 18.2 Å². The molecule has 0 fully saturated rings. The smallest absolute Gasteiger partial charge is 0.253 e. The van der Waals surface area contributed by atoms with E-state index < -0.39 is 0 Å². The molecule has 0 spiro atoms. The number of hydrogen-bond acceptors (Lipinski definition) is 3. The van der Waals surface area contributed by atoms with Gasteiger partial charge in [-0.3, -0.25) is 4.79 Å². The summed E-state index contributed by atoms with van der Waals surface area (Å²) in [5.74, 6) is -0.0759. The van der Waals surface area contributed by atoms with Gasteiger partial charge in [-0.05, 0) is 36.2 Å². The lowest BCUT2D eigenvalue weighted by molar-refractivity contribution is -0.122. The maximum atomic E-state index is 12.7. The largest absolute Gasteiger partial charge is 0.375 e. The molecule has 1 heterocycles. The van der Waals surface area contributed by atoms with Crippen molar-refractivity contribution in [2.75, 3.05) is 18.6 Å². The lowest BCUT2D eigenvalue weighted by Crippen LogP contribution is -2.33. The average molecular weight is 386 g/mol. The Hall–Kier alpha value is -2.14. The molecule has 0 unspecified atom stereocenters. The van der Waals surface area contributed by atoms with E-state index in [9.17, 15) is 4.79 Å². The predicted molar refractivity (Wildman–Crippen MR) is 109 cm³/mol. The van der Waals surface area contributed by atoms with Gasteiger partial charge in [-0.25, -0.2) is 0 Å². The van der Waals surface area contributed by atoms with Gasteiger partial charge in [0.15, 0.2) is 0 Å². The highest BCUT2D eigenvalue weighted by Crippen LogP contribution is 2.37. The van der Waals surface area contributed by atoms with Gasteiger partial charge in [0.2, 0.25) is 0 Å². The van der Waals surface area contributed by atoms with Crippen LogP contribution in [0.1, 0.15) is 10.4 Å². The molecular weight excluding hydrogens is 366 g/mol. The monoisotopic (exact) mass is 385 g/mol. The van der Waals surface area contributed by atoms with Gasteiger partial charge >= 0.3 is 0 Å². The molecule has 0 saturated carbocycles. The summed E-state index contributed by atoms with van der Waals surface area (Å²) in [6, 6.07) is 19.8. The third-order valence-electron chi connectivity index (χ3n) is 4.04. The fraction of sp³-hybridized carbons (Fsp3) is 0.190. The summed E-state index contributed by atoms with van der Waals surface area (Å²) < 4.78 is 5.08. The first-order valence-electron chi connectivity index (χ1n) is 8.28. The Labute approximate surface area is 162 Å². The molecule has 0 aliphatic carbocycles. The minimum atomic E-state index is -0.0759. The van der Waals surface area contributed by atoms with Crippen molar-refractivity contribution in [2.45, 2.75) is 13.5 Å². The van der Waals surface area contributed by atoms with E-state index in [4.69, 9.17) is 16.3 Å². The highest BCUT2D eigenvalue weighted by Gasteiger charge is 2.20. The number of thiophene rings is 1. The number of hydrogen-bond donors (Lipinski definition) is 0. The summed E-state index contributed by atoms with van der Waals surface area (Å²) >= 11 is 7.79. The number of nitrogens with zero attached hydrogens (tertiary/aromatic N) is 1. The van der Waals surface area contributed by atoms with E-state index in [1.165, 1.54) is 7.11 Å². The van der Waals surface area contributed by atoms with Crippen LogP contribution in [0.2, 0.25) is 5.02 Å². The van der Waals surface area contributed by atoms with E-state index in [1.54, 1.807) is 16.2 Å². The fourth-order valence-electron chi connectivity index (χ4n) is 2.81. The quantitative estimate of drug-likeness (QED) is 0.556. The molecule has 0 N–H and O–H groups in total. The van der Waals surface area contributed by atoms with Crippen molar-refractivity contribution in [3.05, 3.63) is 76.1 Å². The summed E-state index contributed by atoms with van der Waals surface area (Å²) in [5.41, 5.74) is 3.04. The highest BCUT2D eigenvalue weighted by atomic mass is 35.5. The number of carbonyl (C=O) groups is 1. The molecule has 2 aromatic carbocycles. The Morgan fingerprint density at radius 3 is 2.58 bits per heavy atom. The van der Waals surface area contributed by atoms with Gasteiger partial charge in [-0.1, -0.05) is 54.1 Å². The number of anilines is 1. The van der Waals surface area contributed by atoms with Crippen LogP contribution in [0.5, 0.6) is 0 Å². The third-order valence-corrected chi connectivity index (χ3v) is 5.36. The zero-order valence-corrected chi connectivity index (χ0v) is 16.3. The van der Waals surface area contributed by atoms with Crippen LogP contribution in [-0.2, 0) is 16.1 Å². The second kappa shape index (κ2) is 8.49. The summed E-state index contributed by atoms with van der Waals surface area (Å²) in [5, 5.41) is 0.661. The number of carbonyl (C=O) groups excluding carboxylic acids is 1. The normalized spacial score (nSPS) is 10.7. The van der Waals surface area contributed by atoms with Crippen molar-refractivity contribution in [3.8, 4) is 10.4 Å². The maximum absolute atomic E-state index is 12.7. The van der Waals surface area contributed by atoms with Crippen molar-refractivity contribution >= 4 is 34.5 Å². The molecule has 1 aromatic heterocycles. The molecule has 134 valence electrons. The summed E-state index contributed by atoms with van der Waals surface area (Å²) in [7, 11) is 1.53. The maximum Gasteiger partial charge on any atom is 0.253 e. The fourth-order valence-corrected chi connectivity index (χ4v) is 4.05. The van der Waals surface area contributed by atoms with Crippen LogP contribution in [0.25, 0.3) is 10.4 Å². The number of benzene rings is 2. The van der Waals surface area contributed by atoms with Gasteiger partial charge in [-0.2, -0.15) is 0 Å². The van der Waals surface area contributed by atoms with Gasteiger partial charge < -0.3 is 9.64 Å². The molecule has 3 nitrogen and oxygen atoms in total. The van der Waals surface area contributed by atoms with Crippen molar-refractivity contribution in [1.29, 1.82) is 0 Å². The number of aryl methyl sites for hydroxylation is 1. The van der Waals surface area contributed by atoms with Crippen LogP contribution in [-0.4, -0.2) is 19.6 Å². The lowest BCUT2D eigenvalue weighted by atomic mass is 10.1. The van der Waals surface area contributed by atoms with Gasteiger partial charge in [0.1, 0.15) is 6.61 Å². The molecule has 0 atom stereocenters. The Balaban J connectivity index is 1.96. The Bertz CT molecular complexity index is 892. The van der Waals surface area contributed by atoms with E-state index in [0.29, 0.717) is 11.6 Å². The summed E-state index contributed by atoms with van der Waals surface area (Å²) in [4.78, 5) is 16.7. The Morgan fingerprint density at radius 2 is 1.88 bits per heavy atom. The second-order valence-corrected chi connectivity index (χ2v) is 7.65. The van der Waals surface area contributed by atoms with E-state index in [1.807, 2.05) is 49.4 Å². The molecule has 3 aromatic rings.